The maximum Gasteiger partial charge on any atom is 0.228 e. The SMILES string of the molecule is COc1ccnc(N2CC(CN(C)C(=O)C3CC3)C2)n1. The number of aromatic nitrogens is 2. The lowest BCUT2D eigenvalue weighted by molar-refractivity contribution is -0.131. The summed E-state index contributed by atoms with van der Waals surface area (Å²) in [5.41, 5.74) is 0. The van der Waals surface area contributed by atoms with Gasteiger partial charge >= 0.3 is 0 Å². The first-order valence-electron chi connectivity index (χ1n) is 7.04. The number of carbonyl (C=O) groups is 1. The minimum absolute atomic E-state index is 0.304. The number of amides is 1. The van der Waals surface area contributed by atoms with Gasteiger partial charge in [0, 0.05) is 50.8 Å². The van der Waals surface area contributed by atoms with Gasteiger partial charge in [-0.25, -0.2) is 4.98 Å². The number of carbonyl (C=O) groups excluding carboxylic acids is 1. The van der Waals surface area contributed by atoms with Gasteiger partial charge in [-0.15, -0.1) is 0 Å². The quantitative estimate of drug-likeness (QED) is 0.796. The minimum atomic E-state index is 0.304. The Morgan fingerprint density at radius 2 is 2.25 bits per heavy atom. The van der Waals surface area contributed by atoms with Crippen molar-refractivity contribution in [3.05, 3.63) is 12.3 Å². The van der Waals surface area contributed by atoms with Gasteiger partial charge in [-0.05, 0) is 12.8 Å². The van der Waals surface area contributed by atoms with Crippen molar-refractivity contribution >= 4 is 11.9 Å². The van der Waals surface area contributed by atoms with Crippen LogP contribution in [-0.2, 0) is 4.79 Å². The van der Waals surface area contributed by atoms with Gasteiger partial charge in [0.05, 0.1) is 7.11 Å². The molecule has 1 saturated heterocycles. The van der Waals surface area contributed by atoms with E-state index in [0.29, 0.717) is 29.6 Å². The fourth-order valence-corrected chi connectivity index (χ4v) is 2.57. The fourth-order valence-electron chi connectivity index (χ4n) is 2.57. The number of nitrogens with zero attached hydrogens (tertiary/aromatic N) is 4. The number of rotatable bonds is 5. The molecule has 0 N–H and O–H groups in total. The zero-order valence-corrected chi connectivity index (χ0v) is 12.0. The van der Waals surface area contributed by atoms with E-state index in [2.05, 4.69) is 14.9 Å². The fraction of sp³-hybridized carbons (Fsp3) is 0.643. The Hall–Kier alpha value is -1.85. The topological polar surface area (TPSA) is 58.6 Å². The number of methoxy groups -OCH3 is 1. The van der Waals surface area contributed by atoms with E-state index in [1.165, 1.54) is 0 Å². The van der Waals surface area contributed by atoms with Crippen molar-refractivity contribution in [3.63, 3.8) is 0 Å². The van der Waals surface area contributed by atoms with Crippen LogP contribution in [0.15, 0.2) is 12.3 Å². The van der Waals surface area contributed by atoms with Crippen molar-refractivity contribution < 1.29 is 9.53 Å². The van der Waals surface area contributed by atoms with Gasteiger partial charge in [0.15, 0.2) is 0 Å². The van der Waals surface area contributed by atoms with E-state index in [1.54, 1.807) is 19.4 Å². The highest BCUT2D eigenvalue weighted by molar-refractivity contribution is 5.80. The van der Waals surface area contributed by atoms with Gasteiger partial charge in [-0.2, -0.15) is 4.98 Å². The summed E-state index contributed by atoms with van der Waals surface area (Å²) >= 11 is 0. The average Bonchev–Trinajstić information content (AvgIpc) is 3.25. The zero-order valence-electron chi connectivity index (χ0n) is 12.0. The first-order chi connectivity index (χ1) is 9.67. The standard InChI is InChI=1S/C14H20N4O2/c1-17(13(19)11-3-4-11)7-10-8-18(9-10)14-15-6-5-12(16-14)20-2/h5-6,10-11H,3-4,7-9H2,1-2H3. The molecule has 0 atom stereocenters. The van der Waals surface area contributed by atoms with Crippen LogP contribution in [0.25, 0.3) is 0 Å². The molecule has 1 aliphatic heterocycles. The smallest absolute Gasteiger partial charge is 0.228 e. The molecule has 1 amide bonds. The zero-order chi connectivity index (χ0) is 14.1. The first-order valence-corrected chi connectivity index (χ1v) is 7.04. The Morgan fingerprint density at radius 3 is 2.90 bits per heavy atom. The summed E-state index contributed by atoms with van der Waals surface area (Å²) < 4.78 is 5.10. The molecule has 1 aromatic heterocycles. The van der Waals surface area contributed by atoms with E-state index < -0.39 is 0 Å². The first kappa shape index (κ1) is 13.1. The van der Waals surface area contributed by atoms with Crippen LogP contribution in [0.4, 0.5) is 5.95 Å². The molecule has 1 aliphatic carbocycles. The van der Waals surface area contributed by atoms with Crippen molar-refractivity contribution in [3.8, 4) is 5.88 Å². The van der Waals surface area contributed by atoms with Crippen molar-refractivity contribution in [2.24, 2.45) is 11.8 Å². The Morgan fingerprint density at radius 1 is 1.50 bits per heavy atom. The highest BCUT2D eigenvalue weighted by Gasteiger charge is 2.35. The van der Waals surface area contributed by atoms with Crippen molar-refractivity contribution in [1.82, 2.24) is 14.9 Å². The molecule has 2 heterocycles. The maximum atomic E-state index is 11.9. The number of hydrogen-bond donors (Lipinski definition) is 0. The van der Waals surface area contributed by atoms with E-state index in [0.717, 1.165) is 32.5 Å². The molecule has 0 spiro atoms. The molecule has 0 bridgehead atoms. The van der Waals surface area contributed by atoms with Crippen LogP contribution in [0.5, 0.6) is 5.88 Å². The third kappa shape index (κ3) is 2.69. The summed E-state index contributed by atoms with van der Waals surface area (Å²) in [4.78, 5) is 24.4. The predicted molar refractivity (Wildman–Crippen MR) is 74.6 cm³/mol. The van der Waals surface area contributed by atoms with E-state index in [-0.39, 0.29) is 0 Å². The summed E-state index contributed by atoms with van der Waals surface area (Å²) in [6, 6.07) is 1.74. The second-order valence-corrected chi connectivity index (χ2v) is 5.66. The lowest BCUT2D eigenvalue weighted by atomic mass is 10.00. The van der Waals surface area contributed by atoms with E-state index in [1.807, 2.05) is 11.9 Å². The lowest BCUT2D eigenvalue weighted by Crippen LogP contribution is -2.52. The average molecular weight is 276 g/mol. The molecule has 0 radical (unpaired) electrons. The van der Waals surface area contributed by atoms with Crippen LogP contribution < -0.4 is 9.64 Å². The molecule has 2 aliphatic rings. The predicted octanol–water partition coefficient (Wildman–Crippen LogP) is 0.790. The van der Waals surface area contributed by atoms with E-state index in [4.69, 9.17) is 4.74 Å². The Kier molecular flexibility index (Phi) is 3.46. The number of hydrogen-bond acceptors (Lipinski definition) is 5. The maximum absolute atomic E-state index is 11.9. The van der Waals surface area contributed by atoms with Crippen LogP contribution >= 0.6 is 0 Å². The van der Waals surface area contributed by atoms with Crippen LogP contribution in [0.1, 0.15) is 12.8 Å². The Balaban J connectivity index is 1.49. The summed E-state index contributed by atoms with van der Waals surface area (Å²) in [5, 5.41) is 0. The van der Waals surface area contributed by atoms with Crippen molar-refractivity contribution in [2.75, 3.05) is 38.7 Å². The lowest BCUT2D eigenvalue weighted by Gasteiger charge is -2.41. The summed E-state index contributed by atoms with van der Waals surface area (Å²) in [6.45, 7) is 2.63. The molecule has 6 heteroatoms. The van der Waals surface area contributed by atoms with Gasteiger partial charge in [0.2, 0.25) is 17.7 Å². The van der Waals surface area contributed by atoms with Gasteiger partial charge in [0.1, 0.15) is 0 Å². The van der Waals surface area contributed by atoms with Crippen molar-refractivity contribution in [1.29, 1.82) is 0 Å². The summed E-state index contributed by atoms with van der Waals surface area (Å²) in [6.07, 6.45) is 3.84. The van der Waals surface area contributed by atoms with E-state index in [9.17, 15) is 4.79 Å². The van der Waals surface area contributed by atoms with Gasteiger partial charge in [0.25, 0.3) is 0 Å². The van der Waals surface area contributed by atoms with Crippen LogP contribution in [0.3, 0.4) is 0 Å². The third-order valence-electron chi connectivity index (χ3n) is 3.90. The van der Waals surface area contributed by atoms with Crippen LogP contribution in [0.2, 0.25) is 0 Å². The molecular formula is C14H20N4O2. The summed E-state index contributed by atoms with van der Waals surface area (Å²) in [5.74, 6) is 2.41. The van der Waals surface area contributed by atoms with Gasteiger partial charge < -0.3 is 14.5 Å². The normalized spacial score (nSPS) is 18.6. The molecule has 0 unspecified atom stereocenters. The Bertz CT molecular complexity index is 498. The molecule has 1 aromatic rings. The van der Waals surface area contributed by atoms with Crippen molar-refractivity contribution in [2.45, 2.75) is 12.8 Å². The monoisotopic (exact) mass is 276 g/mol. The highest BCUT2D eigenvalue weighted by Crippen LogP contribution is 2.31. The molecule has 108 valence electrons. The molecule has 6 nitrogen and oxygen atoms in total. The third-order valence-corrected chi connectivity index (χ3v) is 3.90. The molecule has 20 heavy (non-hydrogen) atoms. The van der Waals surface area contributed by atoms with Crippen LogP contribution in [0, 0.1) is 11.8 Å². The van der Waals surface area contributed by atoms with Crippen LogP contribution in [-0.4, -0.2) is 54.6 Å². The molecule has 0 aromatic carbocycles. The van der Waals surface area contributed by atoms with Gasteiger partial charge in [-0.1, -0.05) is 0 Å². The Labute approximate surface area is 118 Å². The molecule has 3 rings (SSSR count). The minimum Gasteiger partial charge on any atom is -0.481 e. The largest absolute Gasteiger partial charge is 0.481 e. The second kappa shape index (κ2) is 5.26. The highest BCUT2D eigenvalue weighted by atomic mass is 16.5. The summed E-state index contributed by atoms with van der Waals surface area (Å²) in [7, 11) is 3.51. The van der Waals surface area contributed by atoms with E-state index >= 15 is 0 Å². The molecular weight excluding hydrogens is 256 g/mol. The second-order valence-electron chi connectivity index (χ2n) is 5.66. The number of ether oxygens (including phenoxy) is 1. The molecule has 2 fully saturated rings. The number of anilines is 1. The molecule has 1 saturated carbocycles. The van der Waals surface area contributed by atoms with Gasteiger partial charge in [-0.3, -0.25) is 4.79 Å².